The molecule has 3 rings (SSSR count). The fraction of sp³-hybridized carbons (Fsp3) is 0.133. The Morgan fingerprint density at radius 1 is 1.18 bits per heavy atom. The summed E-state index contributed by atoms with van der Waals surface area (Å²) >= 11 is 5.77. The molecule has 0 spiro atoms. The summed E-state index contributed by atoms with van der Waals surface area (Å²) in [5.41, 5.74) is 2.61. The van der Waals surface area contributed by atoms with Gasteiger partial charge in [-0.2, -0.15) is 0 Å². The standard InChI is InChI=1S/C15H14ClN3O2S/c1-10-18-14-7-2-11(8-15(14)19-10)9-17-22(20,21)13-5-3-12(16)4-6-13/h2-8,17H,9H2,1H3,(H,18,19). The predicted molar refractivity (Wildman–Crippen MR) is 86.3 cm³/mol. The molecule has 0 radical (unpaired) electrons. The van der Waals surface area contributed by atoms with Crippen LogP contribution in [0.2, 0.25) is 5.02 Å². The van der Waals surface area contributed by atoms with Crippen molar-refractivity contribution in [1.82, 2.24) is 14.7 Å². The van der Waals surface area contributed by atoms with Crippen LogP contribution in [0.4, 0.5) is 0 Å². The van der Waals surface area contributed by atoms with Gasteiger partial charge in [-0.15, -0.1) is 0 Å². The minimum atomic E-state index is -3.56. The summed E-state index contributed by atoms with van der Waals surface area (Å²) in [6.45, 7) is 2.09. The Balaban J connectivity index is 1.78. The van der Waals surface area contributed by atoms with E-state index >= 15 is 0 Å². The third kappa shape index (κ3) is 3.14. The Morgan fingerprint density at radius 2 is 1.91 bits per heavy atom. The maximum Gasteiger partial charge on any atom is 0.240 e. The third-order valence-electron chi connectivity index (χ3n) is 3.25. The molecule has 0 aliphatic carbocycles. The lowest BCUT2D eigenvalue weighted by Gasteiger charge is -2.07. The molecule has 5 nitrogen and oxygen atoms in total. The van der Waals surface area contributed by atoms with Crippen LogP contribution in [0.3, 0.4) is 0 Å². The Hall–Kier alpha value is -1.89. The maximum absolute atomic E-state index is 12.2. The summed E-state index contributed by atoms with van der Waals surface area (Å²) in [4.78, 5) is 7.63. The number of halogens is 1. The molecule has 0 saturated carbocycles. The van der Waals surface area contributed by atoms with Gasteiger partial charge in [0.05, 0.1) is 15.9 Å². The van der Waals surface area contributed by atoms with Crippen molar-refractivity contribution in [3.8, 4) is 0 Å². The molecule has 2 N–H and O–H groups in total. The molecule has 3 aromatic rings. The van der Waals surface area contributed by atoms with E-state index in [1.807, 2.05) is 25.1 Å². The zero-order valence-electron chi connectivity index (χ0n) is 11.8. The molecule has 7 heteroatoms. The minimum absolute atomic E-state index is 0.190. The molecule has 0 bridgehead atoms. The average Bonchev–Trinajstić information content (AvgIpc) is 2.85. The van der Waals surface area contributed by atoms with Crippen molar-refractivity contribution in [2.45, 2.75) is 18.4 Å². The smallest absolute Gasteiger partial charge is 0.240 e. The fourth-order valence-corrected chi connectivity index (χ4v) is 3.31. The first kappa shape index (κ1) is 15.0. The number of nitrogens with one attached hydrogen (secondary N) is 2. The fourth-order valence-electron chi connectivity index (χ4n) is 2.17. The van der Waals surface area contributed by atoms with E-state index in [0.717, 1.165) is 22.4 Å². The van der Waals surface area contributed by atoms with Crippen LogP contribution < -0.4 is 4.72 Å². The topological polar surface area (TPSA) is 74.8 Å². The number of aromatic amines is 1. The van der Waals surface area contributed by atoms with E-state index in [4.69, 9.17) is 11.6 Å². The molecule has 0 amide bonds. The summed E-state index contributed by atoms with van der Waals surface area (Å²) in [5.74, 6) is 0.828. The number of aromatic nitrogens is 2. The molecule has 2 aromatic carbocycles. The first-order valence-corrected chi connectivity index (χ1v) is 8.51. The highest BCUT2D eigenvalue weighted by atomic mass is 35.5. The summed E-state index contributed by atoms with van der Waals surface area (Å²) in [6.07, 6.45) is 0. The molecule has 0 saturated heterocycles. The average molecular weight is 336 g/mol. The van der Waals surface area contributed by atoms with Crippen LogP contribution >= 0.6 is 11.6 Å². The lowest BCUT2D eigenvalue weighted by atomic mass is 10.2. The number of imidazole rings is 1. The van der Waals surface area contributed by atoms with Gasteiger partial charge in [0.2, 0.25) is 10.0 Å². The highest BCUT2D eigenvalue weighted by molar-refractivity contribution is 7.89. The molecule has 0 fully saturated rings. The van der Waals surface area contributed by atoms with Crippen molar-refractivity contribution < 1.29 is 8.42 Å². The molecule has 114 valence electrons. The van der Waals surface area contributed by atoms with Gasteiger partial charge >= 0.3 is 0 Å². The van der Waals surface area contributed by atoms with Gasteiger partial charge in [0.25, 0.3) is 0 Å². The Labute approximate surface area is 133 Å². The Bertz CT molecular complexity index is 918. The van der Waals surface area contributed by atoms with Gasteiger partial charge in [0.15, 0.2) is 0 Å². The van der Waals surface area contributed by atoms with Gasteiger partial charge < -0.3 is 4.98 Å². The van der Waals surface area contributed by atoms with Gasteiger partial charge in [0.1, 0.15) is 5.82 Å². The quantitative estimate of drug-likeness (QED) is 0.769. The van der Waals surface area contributed by atoms with Gasteiger partial charge in [0, 0.05) is 11.6 Å². The van der Waals surface area contributed by atoms with Crippen LogP contribution in [0.1, 0.15) is 11.4 Å². The van der Waals surface area contributed by atoms with Crippen LogP contribution in [0.5, 0.6) is 0 Å². The van der Waals surface area contributed by atoms with Crippen LogP contribution in [-0.4, -0.2) is 18.4 Å². The molecular weight excluding hydrogens is 322 g/mol. The molecule has 0 aliphatic rings. The number of nitrogens with zero attached hydrogens (tertiary/aromatic N) is 1. The number of benzene rings is 2. The molecular formula is C15H14ClN3O2S. The molecule has 1 heterocycles. The lowest BCUT2D eigenvalue weighted by molar-refractivity contribution is 0.581. The zero-order valence-corrected chi connectivity index (χ0v) is 13.4. The normalized spacial score (nSPS) is 11.9. The largest absolute Gasteiger partial charge is 0.342 e. The Morgan fingerprint density at radius 3 is 2.64 bits per heavy atom. The van der Waals surface area contributed by atoms with E-state index < -0.39 is 10.0 Å². The number of rotatable bonds is 4. The van der Waals surface area contributed by atoms with Crippen LogP contribution in [0.15, 0.2) is 47.4 Å². The minimum Gasteiger partial charge on any atom is -0.342 e. The second-order valence-corrected chi connectivity index (χ2v) is 7.16. The van der Waals surface area contributed by atoms with E-state index in [-0.39, 0.29) is 11.4 Å². The van der Waals surface area contributed by atoms with Crippen LogP contribution in [0.25, 0.3) is 11.0 Å². The zero-order chi connectivity index (χ0) is 15.7. The summed E-state index contributed by atoms with van der Waals surface area (Å²) < 4.78 is 27.0. The molecule has 0 atom stereocenters. The van der Waals surface area contributed by atoms with Gasteiger partial charge in [-0.3, -0.25) is 0 Å². The number of aryl methyl sites for hydroxylation is 1. The van der Waals surface area contributed by atoms with Crippen molar-refractivity contribution in [2.75, 3.05) is 0 Å². The first-order valence-electron chi connectivity index (χ1n) is 6.64. The molecule has 22 heavy (non-hydrogen) atoms. The van der Waals surface area contributed by atoms with Gasteiger partial charge in [-0.05, 0) is 48.9 Å². The lowest BCUT2D eigenvalue weighted by Crippen LogP contribution is -2.23. The van der Waals surface area contributed by atoms with Crippen molar-refractivity contribution >= 4 is 32.7 Å². The van der Waals surface area contributed by atoms with E-state index in [2.05, 4.69) is 14.7 Å². The van der Waals surface area contributed by atoms with E-state index in [1.54, 1.807) is 12.1 Å². The van der Waals surface area contributed by atoms with E-state index in [9.17, 15) is 8.42 Å². The highest BCUT2D eigenvalue weighted by Crippen LogP contribution is 2.16. The second-order valence-electron chi connectivity index (χ2n) is 4.95. The number of hydrogen-bond donors (Lipinski definition) is 2. The highest BCUT2D eigenvalue weighted by Gasteiger charge is 2.13. The molecule has 0 aliphatic heterocycles. The third-order valence-corrected chi connectivity index (χ3v) is 4.92. The number of fused-ring (bicyclic) bond motifs is 1. The van der Waals surface area contributed by atoms with Crippen molar-refractivity contribution in [1.29, 1.82) is 0 Å². The summed E-state index contributed by atoms with van der Waals surface area (Å²) in [6, 6.07) is 11.7. The summed E-state index contributed by atoms with van der Waals surface area (Å²) in [5, 5.41) is 0.499. The molecule has 1 aromatic heterocycles. The monoisotopic (exact) mass is 335 g/mol. The van der Waals surface area contributed by atoms with Crippen LogP contribution in [-0.2, 0) is 16.6 Å². The summed E-state index contributed by atoms with van der Waals surface area (Å²) in [7, 11) is -3.56. The predicted octanol–water partition coefficient (Wildman–Crippen LogP) is 3.00. The number of H-pyrrole nitrogens is 1. The van der Waals surface area contributed by atoms with Crippen molar-refractivity contribution in [3.63, 3.8) is 0 Å². The van der Waals surface area contributed by atoms with E-state index in [0.29, 0.717) is 5.02 Å². The Kier molecular flexibility index (Phi) is 3.90. The van der Waals surface area contributed by atoms with Crippen molar-refractivity contribution in [3.05, 3.63) is 58.9 Å². The number of sulfonamides is 1. The second kappa shape index (κ2) is 5.72. The molecule has 0 unspecified atom stereocenters. The first-order chi connectivity index (χ1) is 10.4. The van der Waals surface area contributed by atoms with Gasteiger partial charge in [-0.25, -0.2) is 18.1 Å². The maximum atomic E-state index is 12.2. The van der Waals surface area contributed by atoms with E-state index in [1.165, 1.54) is 12.1 Å². The van der Waals surface area contributed by atoms with Crippen molar-refractivity contribution in [2.24, 2.45) is 0 Å². The number of hydrogen-bond acceptors (Lipinski definition) is 3. The van der Waals surface area contributed by atoms with Crippen LogP contribution in [0, 0.1) is 6.92 Å². The van der Waals surface area contributed by atoms with Gasteiger partial charge in [-0.1, -0.05) is 17.7 Å². The SMILES string of the molecule is Cc1nc2ccc(CNS(=O)(=O)c3ccc(Cl)cc3)cc2[nH]1.